The number of methoxy groups -OCH3 is 2. The third kappa shape index (κ3) is 5.04. The zero-order chi connectivity index (χ0) is 23.4. The molecule has 0 fully saturated rings. The Morgan fingerprint density at radius 1 is 0.485 bits per heavy atom. The van der Waals surface area contributed by atoms with Crippen molar-refractivity contribution < 1.29 is 9.47 Å². The van der Waals surface area contributed by atoms with Crippen molar-refractivity contribution >= 4 is 17.1 Å². The summed E-state index contributed by atoms with van der Waals surface area (Å²) in [4.78, 5) is 2.23. The van der Waals surface area contributed by atoms with Gasteiger partial charge in [0.2, 0.25) is 0 Å². The Labute approximate surface area is 197 Å². The molecule has 0 aliphatic carbocycles. The van der Waals surface area contributed by atoms with Crippen LogP contribution in [0, 0.1) is 0 Å². The van der Waals surface area contributed by atoms with Gasteiger partial charge in [-0.2, -0.15) is 0 Å². The van der Waals surface area contributed by atoms with E-state index in [1.807, 2.05) is 24.3 Å². The quantitative estimate of drug-likeness (QED) is 0.304. The van der Waals surface area contributed by atoms with Gasteiger partial charge < -0.3 is 14.4 Å². The second kappa shape index (κ2) is 9.41. The maximum Gasteiger partial charge on any atom is 0.119 e. The van der Waals surface area contributed by atoms with Gasteiger partial charge in [-0.05, 0) is 82.8 Å². The number of rotatable bonds is 6. The second-order valence-corrected chi connectivity index (χ2v) is 9.11. The molecular weight excluding hydrogens is 406 g/mol. The predicted molar refractivity (Wildman–Crippen MR) is 138 cm³/mol. The first-order valence-electron chi connectivity index (χ1n) is 11.2. The van der Waals surface area contributed by atoms with Gasteiger partial charge in [0.1, 0.15) is 11.5 Å². The minimum absolute atomic E-state index is 0.152. The highest BCUT2D eigenvalue weighted by molar-refractivity contribution is 5.78. The highest BCUT2D eigenvalue weighted by Crippen LogP contribution is 2.37. The van der Waals surface area contributed by atoms with Crippen molar-refractivity contribution in [2.45, 2.75) is 26.2 Å². The van der Waals surface area contributed by atoms with Crippen LogP contribution in [0.5, 0.6) is 11.5 Å². The largest absolute Gasteiger partial charge is 0.497 e. The molecule has 0 atom stereocenters. The molecule has 0 spiro atoms. The number of anilines is 3. The highest BCUT2D eigenvalue weighted by atomic mass is 16.5. The van der Waals surface area contributed by atoms with E-state index < -0.39 is 0 Å². The number of ether oxygens (including phenoxy) is 2. The van der Waals surface area contributed by atoms with E-state index in [1.54, 1.807) is 14.2 Å². The summed E-state index contributed by atoms with van der Waals surface area (Å²) in [6.07, 6.45) is 0. The number of benzene rings is 4. The topological polar surface area (TPSA) is 21.7 Å². The summed E-state index contributed by atoms with van der Waals surface area (Å²) in [7, 11) is 3.37. The lowest BCUT2D eigenvalue weighted by Crippen LogP contribution is -2.10. The van der Waals surface area contributed by atoms with Crippen LogP contribution in [-0.2, 0) is 5.41 Å². The Bertz CT molecular complexity index is 1120. The number of nitrogens with zero attached hydrogens (tertiary/aromatic N) is 1. The van der Waals surface area contributed by atoms with Gasteiger partial charge >= 0.3 is 0 Å². The van der Waals surface area contributed by atoms with E-state index >= 15 is 0 Å². The zero-order valence-corrected chi connectivity index (χ0v) is 20.0. The van der Waals surface area contributed by atoms with E-state index in [9.17, 15) is 0 Å². The molecule has 0 N–H and O–H groups in total. The standard InChI is InChI=1S/C30H31NO2/c1-30(2,3)24-10-6-22(7-11-24)23-8-12-25(13-9-23)31(26-14-18-28(32-4)19-15-26)27-16-20-29(33-5)21-17-27/h6-21H,1-5H3. The average molecular weight is 438 g/mol. The van der Waals surface area contributed by atoms with Crippen LogP contribution >= 0.6 is 0 Å². The Morgan fingerprint density at radius 3 is 1.15 bits per heavy atom. The molecule has 0 saturated carbocycles. The van der Waals surface area contributed by atoms with Crippen LogP contribution in [0.3, 0.4) is 0 Å². The first kappa shape index (κ1) is 22.5. The third-order valence-electron chi connectivity index (χ3n) is 5.87. The zero-order valence-electron chi connectivity index (χ0n) is 20.0. The minimum atomic E-state index is 0.152. The first-order valence-corrected chi connectivity index (χ1v) is 11.2. The van der Waals surface area contributed by atoms with Crippen LogP contribution in [0.4, 0.5) is 17.1 Å². The molecule has 168 valence electrons. The Kier molecular flexibility index (Phi) is 6.41. The average Bonchev–Trinajstić information content (AvgIpc) is 2.85. The summed E-state index contributed by atoms with van der Waals surface area (Å²) in [6, 6.07) is 33.8. The monoisotopic (exact) mass is 437 g/mol. The normalized spacial score (nSPS) is 11.2. The molecule has 0 amide bonds. The summed E-state index contributed by atoms with van der Waals surface area (Å²) >= 11 is 0. The molecule has 0 aromatic heterocycles. The van der Waals surface area contributed by atoms with Gasteiger partial charge in [-0.1, -0.05) is 57.2 Å². The van der Waals surface area contributed by atoms with Crippen LogP contribution < -0.4 is 14.4 Å². The Morgan fingerprint density at radius 2 is 0.818 bits per heavy atom. The number of hydrogen-bond acceptors (Lipinski definition) is 3. The smallest absolute Gasteiger partial charge is 0.119 e. The Balaban J connectivity index is 1.69. The Hall–Kier alpha value is -3.72. The molecule has 4 rings (SSSR count). The van der Waals surface area contributed by atoms with Crippen molar-refractivity contribution in [3.05, 3.63) is 103 Å². The van der Waals surface area contributed by atoms with Gasteiger partial charge in [0, 0.05) is 17.1 Å². The van der Waals surface area contributed by atoms with Gasteiger partial charge in [-0.15, -0.1) is 0 Å². The SMILES string of the molecule is COc1ccc(N(c2ccc(OC)cc2)c2ccc(-c3ccc(C(C)(C)C)cc3)cc2)cc1. The lowest BCUT2D eigenvalue weighted by molar-refractivity contribution is 0.415. The van der Waals surface area contributed by atoms with Crippen molar-refractivity contribution in [1.82, 2.24) is 0 Å². The van der Waals surface area contributed by atoms with Gasteiger partial charge in [-0.3, -0.25) is 0 Å². The van der Waals surface area contributed by atoms with E-state index in [1.165, 1.54) is 16.7 Å². The second-order valence-electron chi connectivity index (χ2n) is 9.11. The third-order valence-corrected chi connectivity index (χ3v) is 5.87. The molecule has 0 radical (unpaired) electrons. The molecule has 0 saturated heterocycles. The molecule has 3 nitrogen and oxygen atoms in total. The maximum atomic E-state index is 5.35. The van der Waals surface area contributed by atoms with E-state index in [0.717, 1.165) is 28.6 Å². The summed E-state index contributed by atoms with van der Waals surface area (Å²) in [5.74, 6) is 1.67. The molecule has 0 aliphatic heterocycles. The van der Waals surface area contributed by atoms with Crippen molar-refractivity contribution in [2.75, 3.05) is 19.1 Å². The molecule has 0 aliphatic rings. The van der Waals surface area contributed by atoms with Gasteiger partial charge in [-0.25, -0.2) is 0 Å². The van der Waals surface area contributed by atoms with Gasteiger partial charge in [0.05, 0.1) is 14.2 Å². The fraction of sp³-hybridized carbons (Fsp3) is 0.200. The molecule has 0 unspecified atom stereocenters. The van der Waals surface area contributed by atoms with E-state index in [2.05, 4.69) is 98.5 Å². The fourth-order valence-corrected chi connectivity index (χ4v) is 3.88. The molecule has 4 aromatic carbocycles. The van der Waals surface area contributed by atoms with Crippen molar-refractivity contribution in [1.29, 1.82) is 0 Å². The molecule has 0 heterocycles. The fourth-order valence-electron chi connectivity index (χ4n) is 3.88. The first-order chi connectivity index (χ1) is 15.9. The van der Waals surface area contributed by atoms with Crippen LogP contribution in [0.15, 0.2) is 97.1 Å². The lowest BCUT2D eigenvalue weighted by Gasteiger charge is -2.26. The van der Waals surface area contributed by atoms with Gasteiger partial charge in [0.15, 0.2) is 0 Å². The van der Waals surface area contributed by atoms with E-state index in [0.29, 0.717) is 0 Å². The van der Waals surface area contributed by atoms with Crippen LogP contribution in [-0.4, -0.2) is 14.2 Å². The molecule has 33 heavy (non-hydrogen) atoms. The maximum absolute atomic E-state index is 5.35. The number of hydrogen-bond donors (Lipinski definition) is 0. The minimum Gasteiger partial charge on any atom is -0.497 e. The molecule has 0 bridgehead atoms. The van der Waals surface area contributed by atoms with Gasteiger partial charge in [0.25, 0.3) is 0 Å². The molecular formula is C30H31NO2. The van der Waals surface area contributed by atoms with Crippen LogP contribution in [0.25, 0.3) is 11.1 Å². The summed E-state index contributed by atoms with van der Waals surface area (Å²) in [6.45, 7) is 6.72. The summed E-state index contributed by atoms with van der Waals surface area (Å²) < 4.78 is 10.7. The summed E-state index contributed by atoms with van der Waals surface area (Å²) in [5.41, 5.74) is 7.11. The summed E-state index contributed by atoms with van der Waals surface area (Å²) in [5, 5.41) is 0. The van der Waals surface area contributed by atoms with E-state index in [4.69, 9.17) is 9.47 Å². The van der Waals surface area contributed by atoms with Crippen molar-refractivity contribution in [3.63, 3.8) is 0 Å². The van der Waals surface area contributed by atoms with Crippen molar-refractivity contribution in [3.8, 4) is 22.6 Å². The van der Waals surface area contributed by atoms with Crippen molar-refractivity contribution in [2.24, 2.45) is 0 Å². The lowest BCUT2D eigenvalue weighted by atomic mass is 9.86. The predicted octanol–water partition coefficient (Wildman–Crippen LogP) is 8.14. The van der Waals surface area contributed by atoms with Crippen LogP contribution in [0.1, 0.15) is 26.3 Å². The van der Waals surface area contributed by atoms with Crippen LogP contribution in [0.2, 0.25) is 0 Å². The van der Waals surface area contributed by atoms with E-state index in [-0.39, 0.29) is 5.41 Å². The highest BCUT2D eigenvalue weighted by Gasteiger charge is 2.15. The molecule has 3 heteroatoms. The molecule has 4 aromatic rings.